The summed E-state index contributed by atoms with van der Waals surface area (Å²) in [5, 5.41) is 1.21. The molecule has 25 heavy (non-hydrogen) atoms. The molecule has 0 aliphatic carbocycles. The SMILES string of the molecule is O=C(C1CCCOC1)N1CCC(Cc2cnc3ccccc3c2)CC1. The Morgan fingerprint density at radius 3 is 2.84 bits per heavy atom. The van der Waals surface area contributed by atoms with Gasteiger partial charge in [-0.1, -0.05) is 18.2 Å². The number of pyridine rings is 1. The summed E-state index contributed by atoms with van der Waals surface area (Å²) in [5.74, 6) is 1.05. The van der Waals surface area contributed by atoms with Crippen LogP contribution in [-0.4, -0.2) is 42.1 Å². The number of aromatic nitrogens is 1. The molecule has 2 saturated heterocycles. The lowest BCUT2D eigenvalue weighted by Gasteiger charge is -2.35. The second kappa shape index (κ2) is 7.52. The minimum atomic E-state index is 0.0926. The molecule has 4 heteroatoms. The van der Waals surface area contributed by atoms with E-state index in [-0.39, 0.29) is 5.92 Å². The Morgan fingerprint density at radius 2 is 2.04 bits per heavy atom. The highest BCUT2D eigenvalue weighted by atomic mass is 16.5. The molecular formula is C21H26N2O2. The molecule has 1 aromatic heterocycles. The van der Waals surface area contributed by atoms with Gasteiger partial charge in [0, 0.05) is 31.3 Å². The third kappa shape index (κ3) is 3.84. The Labute approximate surface area is 149 Å². The van der Waals surface area contributed by atoms with E-state index in [2.05, 4.69) is 34.1 Å². The first-order valence-electron chi connectivity index (χ1n) is 9.50. The second-order valence-electron chi connectivity index (χ2n) is 7.42. The minimum Gasteiger partial charge on any atom is -0.381 e. The van der Waals surface area contributed by atoms with Crippen LogP contribution in [0.5, 0.6) is 0 Å². The molecule has 2 aliphatic heterocycles. The number of hydrogen-bond donors (Lipinski definition) is 0. The largest absolute Gasteiger partial charge is 0.381 e. The van der Waals surface area contributed by atoms with Crippen molar-refractivity contribution >= 4 is 16.8 Å². The Balaban J connectivity index is 1.32. The fourth-order valence-corrected chi connectivity index (χ4v) is 4.11. The zero-order valence-electron chi connectivity index (χ0n) is 14.7. The molecule has 0 radical (unpaired) electrons. The molecule has 2 fully saturated rings. The summed E-state index contributed by atoms with van der Waals surface area (Å²) in [4.78, 5) is 19.2. The van der Waals surface area contributed by atoms with E-state index >= 15 is 0 Å². The smallest absolute Gasteiger partial charge is 0.228 e. The van der Waals surface area contributed by atoms with Crippen LogP contribution < -0.4 is 0 Å². The van der Waals surface area contributed by atoms with Gasteiger partial charge < -0.3 is 9.64 Å². The lowest BCUT2D eigenvalue weighted by Crippen LogP contribution is -2.44. The second-order valence-corrected chi connectivity index (χ2v) is 7.42. The van der Waals surface area contributed by atoms with E-state index in [4.69, 9.17) is 4.74 Å². The van der Waals surface area contributed by atoms with E-state index < -0.39 is 0 Å². The predicted octanol–water partition coefficient (Wildman–Crippen LogP) is 3.44. The van der Waals surface area contributed by atoms with Gasteiger partial charge in [-0.3, -0.25) is 9.78 Å². The monoisotopic (exact) mass is 338 g/mol. The maximum Gasteiger partial charge on any atom is 0.228 e. The number of carbonyl (C=O) groups excluding carboxylic acids is 1. The number of fused-ring (bicyclic) bond motifs is 1. The van der Waals surface area contributed by atoms with Crippen molar-refractivity contribution in [1.29, 1.82) is 0 Å². The number of rotatable bonds is 3. The van der Waals surface area contributed by atoms with Gasteiger partial charge in [0.25, 0.3) is 0 Å². The van der Waals surface area contributed by atoms with Crippen LogP contribution in [0.1, 0.15) is 31.2 Å². The highest BCUT2D eigenvalue weighted by Crippen LogP contribution is 2.25. The number of benzene rings is 1. The summed E-state index contributed by atoms with van der Waals surface area (Å²) in [5.41, 5.74) is 2.37. The maximum atomic E-state index is 12.6. The summed E-state index contributed by atoms with van der Waals surface area (Å²) < 4.78 is 5.47. The lowest BCUT2D eigenvalue weighted by atomic mass is 9.89. The number of piperidine rings is 1. The highest BCUT2D eigenvalue weighted by Gasteiger charge is 2.29. The third-order valence-electron chi connectivity index (χ3n) is 5.61. The van der Waals surface area contributed by atoms with Crippen LogP contribution in [0, 0.1) is 11.8 Å². The van der Waals surface area contributed by atoms with Gasteiger partial charge in [-0.25, -0.2) is 0 Å². The van der Waals surface area contributed by atoms with E-state index in [1.54, 1.807) is 0 Å². The van der Waals surface area contributed by atoms with E-state index in [1.165, 1.54) is 10.9 Å². The van der Waals surface area contributed by atoms with Crippen LogP contribution in [0.4, 0.5) is 0 Å². The average Bonchev–Trinajstić information content (AvgIpc) is 2.69. The van der Waals surface area contributed by atoms with Crippen LogP contribution >= 0.6 is 0 Å². The Hall–Kier alpha value is -1.94. The van der Waals surface area contributed by atoms with Gasteiger partial charge in [0.05, 0.1) is 18.0 Å². The lowest BCUT2D eigenvalue weighted by molar-refractivity contribution is -0.141. The van der Waals surface area contributed by atoms with Crippen molar-refractivity contribution in [3.63, 3.8) is 0 Å². The van der Waals surface area contributed by atoms with Gasteiger partial charge in [-0.15, -0.1) is 0 Å². The minimum absolute atomic E-state index is 0.0926. The van der Waals surface area contributed by atoms with Crippen molar-refractivity contribution in [3.05, 3.63) is 42.1 Å². The standard InChI is InChI=1S/C21H26N2O2/c24-21(19-5-3-11-25-15-19)23-9-7-16(8-10-23)12-17-13-18-4-1-2-6-20(18)22-14-17/h1-2,4,6,13-14,16,19H,3,5,7-12,15H2. The van der Waals surface area contributed by atoms with Crippen LogP contribution in [0.2, 0.25) is 0 Å². The summed E-state index contributed by atoms with van der Waals surface area (Å²) in [6.45, 7) is 3.20. The van der Waals surface area contributed by atoms with Gasteiger partial charge in [-0.05, 0) is 55.7 Å². The topological polar surface area (TPSA) is 42.4 Å². The predicted molar refractivity (Wildman–Crippen MR) is 98.3 cm³/mol. The fraction of sp³-hybridized carbons (Fsp3) is 0.524. The zero-order valence-corrected chi connectivity index (χ0v) is 14.7. The van der Waals surface area contributed by atoms with Crippen LogP contribution in [0.15, 0.2) is 36.5 Å². The molecule has 2 aromatic rings. The van der Waals surface area contributed by atoms with Crippen molar-refractivity contribution < 1.29 is 9.53 Å². The first-order valence-corrected chi connectivity index (χ1v) is 9.50. The van der Waals surface area contributed by atoms with Gasteiger partial charge >= 0.3 is 0 Å². The van der Waals surface area contributed by atoms with Gasteiger partial charge in [0.1, 0.15) is 0 Å². The average molecular weight is 338 g/mol. The molecular weight excluding hydrogens is 312 g/mol. The Bertz CT molecular complexity index is 732. The highest BCUT2D eigenvalue weighted by molar-refractivity contribution is 5.79. The normalized spacial score (nSPS) is 22.2. The first kappa shape index (κ1) is 16.5. The van der Waals surface area contributed by atoms with Crippen LogP contribution in [-0.2, 0) is 16.0 Å². The number of likely N-dealkylation sites (tertiary alicyclic amines) is 1. The quantitative estimate of drug-likeness (QED) is 0.861. The number of carbonyl (C=O) groups is 1. The first-order chi connectivity index (χ1) is 12.3. The molecule has 132 valence electrons. The number of para-hydroxylation sites is 1. The molecule has 3 heterocycles. The van der Waals surface area contributed by atoms with Crippen molar-refractivity contribution in [2.75, 3.05) is 26.3 Å². The van der Waals surface area contributed by atoms with Gasteiger partial charge in [0.15, 0.2) is 0 Å². The Kier molecular flexibility index (Phi) is 4.97. The van der Waals surface area contributed by atoms with Crippen LogP contribution in [0.3, 0.4) is 0 Å². The zero-order chi connectivity index (χ0) is 17.1. The van der Waals surface area contributed by atoms with E-state index in [1.807, 2.05) is 12.3 Å². The third-order valence-corrected chi connectivity index (χ3v) is 5.61. The summed E-state index contributed by atoms with van der Waals surface area (Å²) in [6.07, 6.45) is 7.26. The van der Waals surface area contributed by atoms with Gasteiger partial charge in [0.2, 0.25) is 5.91 Å². The number of amides is 1. The fourth-order valence-electron chi connectivity index (χ4n) is 4.11. The number of ether oxygens (including phenoxy) is 1. The molecule has 1 atom stereocenters. The molecule has 4 nitrogen and oxygen atoms in total. The van der Waals surface area contributed by atoms with E-state index in [0.717, 1.165) is 57.3 Å². The van der Waals surface area contributed by atoms with E-state index in [9.17, 15) is 4.79 Å². The molecule has 1 amide bonds. The molecule has 0 bridgehead atoms. The van der Waals surface area contributed by atoms with E-state index in [0.29, 0.717) is 18.4 Å². The molecule has 2 aliphatic rings. The summed E-state index contributed by atoms with van der Waals surface area (Å²) >= 11 is 0. The van der Waals surface area contributed by atoms with Crippen molar-refractivity contribution in [1.82, 2.24) is 9.88 Å². The molecule has 1 unspecified atom stereocenters. The van der Waals surface area contributed by atoms with Gasteiger partial charge in [-0.2, -0.15) is 0 Å². The summed E-state index contributed by atoms with van der Waals surface area (Å²) in [6, 6.07) is 10.5. The van der Waals surface area contributed by atoms with Crippen LogP contribution in [0.25, 0.3) is 10.9 Å². The van der Waals surface area contributed by atoms with Crippen molar-refractivity contribution in [2.24, 2.45) is 11.8 Å². The van der Waals surface area contributed by atoms with Crippen molar-refractivity contribution in [3.8, 4) is 0 Å². The molecule has 0 spiro atoms. The Morgan fingerprint density at radius 1 is 1.20 bits per heavy atom. The number of hydrogen-bond acceptors (Lipinski definition) is 3. The molecule has 4 rings (SSSR count). The molecule has 1 aromatic carbocycles. The number of nitrogens with zero attached hydrogens (tertiary/aromatic N) is 2. The maximum absolute atomic E-state index is 12.6. The summed E-state index contributed by atoms with van der Waals surface area (Å²) in [7, 11) is 0. The van der Waals surface area contributed by atoms with Crippen molar-refractivity contribution in [2.45, 2.75) is 32.1 Å². The molecule has 0 saturated carbocycles. The molecule has 0 N–H and O–H groups in total.